The van der Waals surface area contributed by atoms with Crippen molar-refractivity contribution >= 4 is 0 Å². The third-order valence-corrected chi connectivity index (χ3v) is 7.03. The van der Waals surface area contributed by atoms with Crippen LogP contribution in [-0.4, -0.2) is 23.4 Å². The number of hydrogen-bond acceptors (Lipinski definition) is 4. The van der Waals surface area contributed by atoms with Crippen molar-refractivity contribution in [2.24, 2.45) is 0 Å². The highest BCUT2D eigenvalue weighted by Gasteiger charge is 2.25. The van der Waals surface area contributed by atoms with Gasteiger partial charge in [0.2, 0.25) is 11.5 Å². The Morgan fingerprint density at radius 3 is 1.25 bits per heavy atom. The minimum absolute atomic E-state index is 0.00228. The number of aromatic hydroxyl groups is 2. The molecular formula is C32H58O4. The zero-order valence-corrected chi connectivity index (χ0v) is 24.3. The molecule has 0 fully saturated rings. The molecule has 0 heterocycles. The molecule has 0 amide bonds. The predicted octanol–water partition coefficient (Wildman–Crippen LogP) is 10.0. The van der Waals surface area contributed by atoms with Crippen LogP contribution in [0.15, 0.2) is 0 Å². The zero-order chi connectivity index (χ0) is 26.4. The Labute approximate surface area is 223 Å². The van der Waals surface area contributed by atoms with Crippen LogP contribution < -0.4 is 9.47 Å². The van der Waals surface area contributed by atoms with Crippen LogP contribution in [-0.2, 0) is 12.8 Å². The molecule has 0 unspecified atom stereocenters. The normalized spacial score (nSPS) is 11.2. The van der Waals surface area contributed by atoms with Crippen LogP contribution in [0, 0.1) is 0 Å². The minimum Gasteiger partial charge on any atom is -0.504 e. The predicted molar refractivity (Wildman–Crippen MR) is 154 cm³/mol. The Balaban J connectivity index is 2.93. The first kappa shape index (κ1) is 32.4. The lowest BCUT2D eigenvalue weighted by Gasteiger charge is -2.22. The Bertz CT molecular complexity index is 671. The molecular weight excluding hydrogens is 448 g/mol. The van der Waals surface area contributed by atoms with E-state index in [0.29, 0.717) is 24.7 Å². The molecule has 2 N–H and O–H groups in total. The number of rotatable bonds is 24. The number of hydrogen-bond donors (Lipinski definition) is 2. The fraction of sp³-hybridized carbons (Fsp3) is 0.812. The highest BCUT2D eigenvalue weighted by Crippen LogP contribution is 2.50. The largest absolute Gasteiger partial charge is 0.504 e. The summed E-state index contributed by atoms with van der Waals surface area (Å²) in [5.41, 5.74) is 1.93. The van der Waals surface area contributed by atoms with E-state index in [2.05, 4.69) is 20.8 Å². The van der Waals surface area contributed by atoms with Gasteiger partial charge in [-0.15, -0.1) is 0 Å². The molecule has 0 aliphatic rings. The fourth-order valence-corrected chi connectivity index (χ4v) is 4.87. The van der Waals surface area contributed by atoms with Gasteiger partial charge < -0.3 is 19.7 Å². The van der Waals surface area contributed by atoms with Gasteiger partial charge in [-0.05, 0) is 38.5 Å². The maximum atomic E-state index is 11.0. The number of phenols is 2. The summed E-state index contributed by atoms with van der Waals surface area (Å²) in [6.45, 7) is 9.71. The Kier molecular flexibility index (Phi) is 19.4. The first-order chi connectivity index (χ1) is 17.6. The molecule has 0 atom stereocenters. The molecule has 1 aromatic rings. The van der Waals surface area contributed by atoms with Crippen LogP contribution in [0.5, 0.6) is 23.0 Å². The van der Waals surface area contributed by atoms with Gasteiger partial charge >= 0.3 is 0 Å². The average molecular weight is 507 g/mol. The molecule has 0 saturated carbocycles. The lowest BCUT2D eigenvalue weighted by Crippen LogP contribution is -2.08. The van der Waals surface area contributed by atoms with Crippen LogP contribution in [0.25, 0.3) is 0 Å². The number of phenolic OH excluding ortho intramolecular Hbond substituents is 2. The monoisotopic (exact) mass is 506 g/mol. The summed E-state index contributed by atoms with van der Waals surface area (Å²) in [4.78, 5) is 0. The lowest BCUT2D eigenvalue weighted by atomic mass is 9.93. The van der Waals surface area contributed by atoms with Crippen molar-refractivity contribution < 1.29 is 19.7 Å². The van der Waals surface area contributed by atoms with Crippen LogP contribution in [0.3, 0.4) is 0 Å². The summed E-state index contributed by atoms with van der Waals surface area (Å²) in [6, 6.07) is 0. The minimum atomic E-state index is -0.149. The van der Waals surface area contributed by atoms with Crippen LogP contribution in [0.4, 0.5) is 0 Å². The highest BCUT2D eigenvalue weighted by atomic mass is 16.5. The van der Waals surface area contributed by atoms with E-state index in [9.17, 15) is 10.2 Å². The smallest absolute Gasteiger partial charge is 0.207 e. The third-order valence-electron chi connectivity index (χ3n) is 7.03. The molecule has 1 rings (SSSR count). The van der Waals surface area contributed by atoms with Gasteiger partial charge in [0.05, 0.1) is 13.2 Å². The summed E-state index contributed by atoms with van der Waals surface area (Å²) in [5, 5.41) is 21.9. The second kappa shape index (κ2) is 21.5. The molecule has 0 radical (unpaired) electrons. The quantitative estimate of drug-likeness (QED) is 0.108. The van der Waals surface area contributed by atoms with Gasteiger partial charge in [-0.2, -0.15) is 0 Å². The number of ether oxygens (including phenoxy) is 2. The first-order valence-corrected chi connectivity index (χ1v) is 15.5. The molecule has 0 aliphatic carbocycles. The fourth-order valence-electron chi connectivity index (χ4n) is 4.87. The van der Waals surface area contributed by atoms with E-state index >= 15 is 0 Å². The summed E-state index contributed by atoms with van der Waals surface area (Å²) in [7, 11) is 0. The van der Waals surface area contributed by atoms with Gasteiger partial charge in [-0.3, -0.25) is 0 Å². The second-order valence-electron chi connectivity index (χ2n) is 10.5. The Hall–Kier alpha value is -1.58. The molecule has 0 saturated heterocycles. The van der Waals surface area contributed by atoms with Crippen molar-refractivity contribution in [1.29, 1.82) is 0 Å². The van der Waals surface area contributed by atoms with E-state index in [1.807, 2.05) is 6.92 Å². The summed E-state index contributed by atoms with van der Waals surface area (Å²) < 4.78 is 12.1. The molecule has 1 aromatic carbocycles. The van der Waals surface area contributed by atoms with Gasteiger partial charge in [-0.1, -0.05) is 118 Å². The number of benzene rings is 1. The van der Waals surface area contributed by atoms with Crippen molar-refractivity contribution in [2.45, 2.75) is 156 Å². The SMILES string of the molecule is CCCCCCCCCCc1c(O)c(O)c(OCCC)c(OCCC)c1CCCCCCCCCC. The van der Waals surface area contributed by atoms with Gasteiger partial charge in [-0.25, -0.2) is 0 Å². The Morgan fingerprint density at radius 2 is 0.806 bits per heavy atom. The van der Waals surface area contributed by atoms with E-state index in [4.69, 9.17) is 9.47 Å². The molecule has 36 heavy (non-hydrogen) atoms. The molecule has 0 spiro atoms. The second-order valence-corrected chi connectivity index (χ2v) is 10.5. The molecule has 0 bridgehead atoms. The van der Waals surface area contributed by atoms with Crippen LogP contribution in [0.2, 0.25) is 0 Å². The Morgan fingerprint density at radius 1 is 0.417 bits per heavy atom. The molecule has 4 nitrogen and oxygen atoms in total. The van der Waals surface area contributed by atoms with Crippen LogP contribution >= 0.6 is 0 Å². The topological polar surface area (TPSA) is 58.9 Å². The zero-order valence-electron chi connectivity index (χ0n) is 24.3. The number of unbranched alkanes of at least 4 members (excludes halogenated alkanes) is 14. The first-order valence-electron chi connectivity index (χ1n) is 15.5. The van der Waals surface area contributed by atoms with Gasteiger partial charge in [0, 0.05) is 11.1 Å². The highest BCUT2D eigenvalue weighted by molar-refractivity contribution is 5.66. The molecule has 0 aliphatic heterocycles. The average Bonchev–Trinajstić information content (AvgIpc) is 2.88. The molecule has 210 valence electrons. The molecule has 0 aromatic heterocycles. The van der Waals surface area contributed by atoms with Gasteiger partial charge in [0.1, 0.15) is 0 Å². The standard InChI is InChI=1S/C32H58O4/c1-5-9-11-13-15-17-19-21-23-27-28(24-22-20-18-16-14-12-10-6-2)31(35-25-7-3)32(36-26-8-4)30(34)29(27)33/h33-34H,5-26H2,1-4H3. The maximum absolute atomic E-state index is 11.0. The summed E-state index contributed by atoms with van der Waals surface area (Å²) >= 11 is 0. The van der Waals surface area contributed by atoms with E-state index in [-0.39, 0.29) is 11.5 Å². The third kappa shape index (κ3) is 12.6. The van der Waals surface area contributed by atoms with E-state index in [1.54, 1.807) is 0 Å². The van der Waals surface area contributed by atoms with E-state index in [0.717, 1.165) is 56.1 Å². The van der Waals surface area contributed by atoms with E-state index < -0.39 is 0 Å². The van der Waals surface area contributed by atoms with E-state index in [1.165, 1.54) is 83.5 Å². The van der Waals surface area contributed by atoms with Crippen molar-refractivity contribution in [3.05, 3.63) is 11.1 Å². The van der Waals surface area contributed by atoms with Crippen molar-refractivity contribution in [3.8, 4) is 23.0 Å². The van der Waals surface area contributed by atoms with Crippen molar-refractivity contribution in [1.82, 2.24) is 0 Å². The summed E-state index contributed by atoms with van der Waals surface area (Å²) in [5.74, 6) is 0.849. The van der Waals surface area contributed by atoms with Crippen molar-refractivity contribution in [2.75, 3.05) is 13.2 Å². The summed E-state index contributed by atoms with van der Waals surface area (Å²) in [6.07, 6.45) is 23.4. The van der Waals surface area contributed by atoms with Gasteiger partial charge in [0.15, 0.2) is 11.5 Å². The molecule has 4 heteroatoms. The van der Waals surface area contributed by atoms with Crippen LogP contribution in [0.1, 0.15) is 154 Å². The lowest BCUT2D eigenvalue weighted by molar-refractivity contribution is 0.250. The van der Waals surface area contributed by atoms with Crippen molar-refractivity contribution in [3.63, 3.8) is 0 Å². The maximum Gasteiger partial charge on any atom is 0.207 e. The van der Waals surface area contributed by atoms with Gasteiger partial charge in [0.25, 0.3) is 0 Å².